The van der Waals surface area contributed by atoms with Crippen LogP contribution in [0.5, 0.6) is 0 Å². The van der Waals surface area contributed by atoms with Gasteiger partial charge in [-0.15, -0.1) is 0 Å². The van der Waals surface area contributed by atoms with Crippen LogP contribution >= 0.6 is 0 Å². The van der Waals surface area contributed by atoms with Crippen LogP contribution in [-0.4, -0.2) is 29.8 Å². The zero-order valence-corrected chi connectivity index (χ0v) is 16.0. The molecule has 1 saturated heterocycles. The first kappa shape index (κ1) is 19.2. The van der Waals surface area contributed by atoms with E-state index in [1.807, 2.05) is 47.4 Å². The molecular weight excluding hydrogens is 336 g/mol. The van der Waals surface area contributed by atoms with E-state index in [2.05, 4.69) is 24.4 Å². The van der Waals surface area contributed by atoms with Gasteiger partial charge in [0.1, 0.15) is 0 Å². The summed E-state index contributed by atoms with van der Waals surface area (Å²) in [6.45, 7) is 4.21. The number of hydrogen-bond acceptors (Lipinski definition) is 2. The largest absolute Gasteiger partial charge is 0.352 e. The molecule has 1 aliphatic heterocycles. The maximum atomic E-state index is 12.5. The quantitative estimate of drug-likeness (QED) is 0.844. The highest BCUT2D eigenvalue weighted by Crippen LogP contribution is 2.23. The Bertz CT molecular complexity index is 765. The van der Waals surface area contributed by atoms with Gasteiger partial charge < -0.3 is 10.2 Å². The van der Waals surface area contributed by atoms with E-state index >= 15 is 0 Å². The number of hydrogen-bond donors (Lipinski definition) is 1. The van der Waals surface area contributed by atoms with E-state index in [1.165, 1.54) is 5.56 Å². The van der Waals surface area contributed by atoms with Crippen molar-refractivity contribution in [3.8, 4) is 0 Å². The molecule has 2 aromatic carbocycles. The maximum absolute atomic E-state index is 12.5. The molecule has 0 radical (unpaired) electrons. The second kappa shape index (κ2) is 9.36. The first-order chi connectivity index (χ1) is 13.1. The summed E-state index contributed by atoms with van der Waals surface area (Å²) < 4.78 is 0. The van der Waals surface area contributed by atoms with Crippen LogP contribution in [0.25, 0.3) is 0 Å². The summed E-state index contributed by atoms with van der Waals surface area (Å²) in [4.78, 5) is 26.5. The SMILES string of the molecule is Cc1cccc(CNC(=O)CCC2CCN(C(=O)c3ccccc3)CC2)c1. The van der Waals surface area contributed by atoms with Gasteiger partial charge >= 0.3 is 0 Å². The fraction of sp³-hybridized carbons (Fsp3) is 0.391. The van der Waals surface area contributed by atoms with Crippen molar-refractivity contribution in [2.45, 2.75) is 39.2 Å². The Kier molecular flexibility index (Phi) is 6.64. The Balaban J connectivity index is 1.37. The molecule has 0 aromatic heterocycles. The van der Waals surface area contributed by atoms with E-state index in [0.29, 0.717) is 18.9 Å². The summed E-state index contributed by atoms with van der Waals surface area (Å²) in [6, 6.07) is 17.7. The first-order valence-corrected chi connectivity index (χ1v) is 9.78. The smallest absolute Gasteiger partial charge is 0.253 e. The van der Waals surface area contributed by atoms with Gasteiger partial charge in [0, 0.05) is 31.6 Å². The Morgan fingerprint density at radius 3 is 2.48 bits per heavy atom. The van der Waals surface area contributed by atoms with E-state index < -0.39 is 0 Å². The van der Waals surface area contributed by atoms with Gasteiger partial charge in [-0.1, -0.05) is 48.0 Å². The molecule has 1 fully saturated rings. The molecule has 1 aliphatic rings. The zero-order chi connectivity index (χ0) is 19.1. The fourth-order valence-electron chi connectivity index (χ4n) is 3.63. The van der Waals surface area contributed by atoms with Crippen molar-refractivity contribution in [3.05, 3.63) is 71.3 Å². The van der Waals surface area contributed by atoms with Gasteiger partial charge in [0.15, 0.2) is 0 Å². The Morgan fingerprint density at radius 1 is 1.04 bits per heavy atom. The summed E-state index contributed by atoms with van der Waals surface area (Å²) >= 11 is 0. The molecule has 0 aliphatic carbocycles. The third kappa shape index (κ3) is 5.68. The summed E-state index contributed by atoms with van der Waals surface area (Å²) in [5.41, 5.74) is 3.10. The minimum absolute atomic E-state index is 0.110. The third-order valence-corrected chi connectivity index (χ3v) is 5.27. The maximum Gasteiger partial charge on any atom is 0.253 e. The van der Waals surface area contributed by atoms with E-state index in [0.717, 1.165) is 43.5 Å². The first-order valence-electron chi connectivity index (χ1n) is 9.78. The molecule has 142 valence electrons. The molecule has 1 N–H and O–H groups in total. The second-order valence-corrected chi connectivity index (χ2v) is 7.41. The number of piperidine rings is 1. The van der Waals surface area contributed by atoms with E-state index in [9.17, 15) is 9.59 Å². The van der Waals surface area contributed by atoms with Crippen LogP contribution < -0.4 is 5.32 Å². The third-order valence-electron chi connectivity index (χ3n) is 5.27. The molecule has 0 unspecified atom stereocenters. The number of nitrogens with one attached hydrogen (secondary N) is 1. The highest BCUT2D eigenvalue weighted by atomic mass is 16.2. The fourth-order valence-corrected chi connectivity index (χ4v) is 3.63. The molecular formula is C23H28N2O2. The van der Waals surface area contributed by atoms with Crippen LogP contribution in [0.2, 0.25) is 0 Å². The number of benzene rings is 2. The molecule has 0 saturated carbocycles. The highest BCUT2D eigenvalue weighted by molar-refractivity contribution is 5.94. The average molecular weight is 364 g/mol. The van der Waals surface area contributed by atoms with Gasteiger partial charge in [0.25, 0.3) is 5.91 Å². The molecule has 3 rings (SSSR count). The molecule has 4 heteroatoms. The monoisotopic (exact) mass is 364 g/mol. The summed E-state index contributed by atoms with van der Waals surface area (Å²) in [5.74, 6) is 0.749. The lowest BCUT2D eigenvalue weighted by Gasteiger charge is -2.32. The van der Waals surface area contributed by atoms with Crippen molar-refractivity contribution in [3.63, 3.8) is 0 Å². The van der Waals surface area contributed by atoms with Crippen LogP contribution in [0.1, 0.15) is 47.2 Å². The number of rotatable bonds is 6. The van der Waals surface area contributed by atoms with Crippen LogP contribution in [0, 0.1) is 12.8 Å². The molecule has 0 bridgehead atoms. The number of carbonyl (C=O) groups excluding carboxylic acids is 2. The van der Waals surface area contributed by atoms with Gasteiger partial charge in [0.05, 0.1) is 0 Å². The van der Waals surface area contributed by atoms with Crippen LogP contribution in [-0.2, 0) is 11.3 Å². The van der Waals surface area contributed by atoms with Crippen molar-refractivity contribution in [1.82, 2.24) is 10.2 Å². The Labute approximate surface area is 161 Å². The summed E-state index contributed by atoms with van der Waals surface area (Å²) in [7, 11) is 0. The second-order valence-electron chi connectivity index (χ2n) is 7.41. The average Bonchev–Trinajstić information content (AvgIpc) is 2.71. The van der Waals surface area contributed by atoms with Gasteiger partial charge in [-0.2, -0.15) is 0 Å². The lowest BCUT2D eigenvalue weighted by Crippen LogP contribution is -2.38. The Morgan fingerprint density at radius 2 is 1.78 bits per heavy atom. The van der Waals surface area contributed by atoms with Crippen LogP contribution in [0.15, 0.2) is 54.6 Å². The van der Waals surface area contributed by atoms with Crippen molar-refractivity contribution in [1.29, 1.82) is 0 Å². The standard InChI is InChI=1S/C23H28N2O2/c1-18-6-5-7-20(16-18)17-24-22(26)11-10-19-12-14-25(15-13-19)23(27)21-8-3-2-4-9-21/h2-9,16,19H,10-15,17H2,1H3,(H,24,26). The molecule has 27 heavy (non-hydrogen) atoms. The number of likely N-dealkylation sites (tertiary alicyclic amines) is 1. The molecule has 2 aromatic rings. The van der Waals surface area contributed by atoms with Gasteiger partial charge in [-0.3, -0.25) is 9.59 Å². The van der Waals surface area contributed by atoms with Crippen LogP contribution in [0.3, 0.4) is 0 Å². The van der Waals surface area contributed by atoms with Crippen molar-refractivity contribution >= 4 is 11.8 Å². The van der Waals surface area contributed by atoms with Gasteiger partial charge in [-0.05, 0) is 49.8 Å². The number of nitrogens with zero attached hydrogens (tertiary/aromatic N) is 1. The number of amides is 2. The predicted molar refractivity (Wildman–Crippen MR) is 107 cm³/mol. The number of carbonyl (C=O) groups is 2. The summed E-state index contributed by atoms with van der Waals surface area (Å²) in [5, 5.41) is 3.01. The molecule has 2 amide bonds. The van der Waals surface area contributed by atoms with E-state index in [4.69, 9.17) is 0 Å². The van der Waals surface area contributed by atoms with E-state index in [1.54, 1.807) is 0 Å². The molecule has 1 heterocycles. The topological polar surface area (TPSA) is 49.4 Å². The van der Waals surface area contributed by atoms with E-state index in [-0.39, 0.29) is 11.8 Å². The lowest BCUT2D eigenvalue weighted by atomic mass is 9.91. The van der Waals surface area contributed by atoms with Crippen LogP contribution in [0.4, 0.5) is 0 Å². The summed E-state index contributed by atoms with van der Waals surface area (Å²) in [6.07, 6.45) is 3.41. The van der Waals surface area contributed by atoms with Crippen molar-refractivity contribution < 1.29 is 9.59 Å². The van der Waals surface area contributed by atoms with Gasteiger partial charge in [0.2, 0.25) is 5.91 Å². The van der Waals surface area contributed by atoms with Gasteiger partial charge in [-0.25, -0.2) is 0 Å². The minimum atomic E-state index is 0.110. The minimum Gasteiger partial charge on any atom is -0.352 e. The number of aryl methyl sites for hydroxylation is 1. The Hall–Kier alpha value is -2.62. The van der Waals surface area contributed by atoms with Crippen molar-refractivity contribution in [2.24, 2.45) is 5.92 Å². The molecule has 0 spiro atoms. The highest BCUT2D eigenvalue weighted by Gasteiger charge is 2.23. The zero-order valence-electron chi connectivity index (χ0n) is 16.0. The molecule has 4 nitrogen and oxygen atoms in total. The lowest BCUT2D eigenvalue weighted by molar-refractivity contribution is -0.121. The van der Waals surface area contributed by atoms with Crippen molar-refractivity contribution in [2.75, 3.05) is 13.1 Å². The normalized spacial score (nSPS) is 14.8. The molecule has 0 atom stereocenters. The predicted octanol–water partition coefficient (Wildman–Crippen LogP) is 3.94.